The van der Waals surface area contributed by atoms with E-state index in [1.54, 1.807) is 0 Å². The second-order valence-electron chi connectivity index (χ2n) is 2.89. The van der Waals surface area contributed by atoms with Crippen LogP contribution in [0.5, 0.6) is 0 Å². The molecule has 0 radical (unpaired) electrons. The van der Waals surface area contributed by atoms with Gasteiger partial charge >= 0.3 is 0 Å². The van der Waals surface area contributed by atoms with Gasteiger partial charge in [-0.15, -0.1) is 0 Å². The summed E-state index contributed by atoms with van der Waals surface area (Å²) < 4.78 is 0. The Bertz CT molecular complexity index is 147. The lowest BCUT2D eigenvalue weighted by atomic mass is 10.3. The molecule has 1 heterocycles. The molecule has 1 unspecified atom stereocenters. The van der Waals surface area contributed by atoms with Crippen molar-refractivity contribution in [3.05, 3.63) is 0 Å². The van der Waals surface area contributed by atoms with E-state index in [1.165, 1.54) is 0 Å². The molecule has 0 aromatic heterocycles. The van der Waals surface area contributed by atoms with Gasteiger partial charge in [0, 0.05) is 13.0 Å². The topological polar surface area (TPSA) is 32.3 Å². The monoisotopic (exact) mass is 156 g/mol. The van der Waals surface area contributed by atoms with Crippen molar-refractivity contribution < 1.29 is 4.79 Å². The molecule has 1 atom stereocenters. The fourth-order valence-electron chi connectivity index (χ4n) is 1.57. The Morgan fingerprint density at radius 3 is 3.00 bits per heavy atom. The van der Waals surface area contributed by atoms with Crippen LogP contribution in [-0.4, -0.2) is 30.6 Å². The molecule has 1 amide bonds. The highest BCUT2D eigenvalue weighted by Crippen LogP contribution is 2.14. The van der Waals surface area contributed by atoms with Crippen LogP contribution in [0, 0.1) is 0 Å². The minimum Gasteiger partial charge on any atom is -0.327 e. The molecule has 1 aliphatic heterocycles. The number of carbonyl (C=O) groups excluding carboxylic acids is 1. The number of carbonyl (C=O) groups is 1. The third-order valence-corrected chi connectivity index (χ3v) is 2.21. The van der Waals surface area contributed by atoms with Crippen molar-refractivity contribution in [3.8, 4) is 0 Å². The SMILES string of the molecule is CCC(=O)N1CCCC1NC. The summed E-state index contributed by atoms with van der Waals surface area (Å²) in [5, 5.41) is 3.13. The van der Waals surface area contributed by atoms with E-state index in [4.69, 9.17) is 0 Å². The highest BCUT2D eigenvalue weighted by Gasteiger charge is 2.25. The van der Waals surface area contributed by atoms with Gasteiger partial charge in [0.2, 0.25) is 5.91 Å². The first-order valence-corrected chi connectivity index (χ1v) is 4.26. The lowest BCUT2D eigenvalue weighted by Crippen LogP contribution is -2.42. The molecule has 1 aliphatic rings. The van der Waals surface area contributed by atoms with Crippen LogP contribution in [0.1, 0.15) is 26.2 Å². The molecule has 11 heavy (non-hydrogen) atoms. The standard InChI is InChI=1S/C8H16N2O/c1-3-8(11)10-6-4-5-7(10)9-2/h7,9H,3-6H2,1-2H3. The van der Waals surface area contributed by atoms with E-state index in [1.807, 2.05) is 18.9 Å². The molecular formula is C8H16N2O. The Labute approximate surface area is 67.8 Å². The molecule has 64 valence electrons. The van der Waals surface area contributed by atoms with Crippen molar-refractivity contribution in [3.63, 3.8) is 0 Å². The number of nitrogens with zero attached hydrogens (tertiary/aromatic N) is 1. The Balaban J connectivity index is 2.49. The van der Waals surface area contributed by atoms with Crippen LogP contribution in [0.15, 0.2) is 0 Å². The third-order valence-electron chi connectivity index (χ3n) is 2.21. The van der Waals surface area contributed by atoms with Crippen LogP contribution >= 0.6 is 0 Å². The molecule has 1 rings (SSSR count). The van der Waals surface area contributed by atoms with E-state index in [2.05, 4.69) is 5.32 Å². The fraction of sp³-hybridized carbons (Fsp3) is 0.875. The van der Waals surface area contributed by atoms with E-state index in [0.29, 0.717) is 12.6 Å². The number of hydrogen-bond donors (Lipinski definition) is 1. The summed E-state index contributed by atoms with van der Waals surface area (Å²) in [5.74, 6) is 0.266. The molecule has 1 fully saturated rings. The number of nitrogens with one attached hydrogen (secondary N) is 1. The van der Waals surface area contributed by atoms with Gasteiger partial charge in [-0.25, -0.2) is 0 Å². The maximum Gasteiger partial charge on any atom is 0.223 e. The molecule has 3 heteroatoms. The van der Waals surface area contributed by atoms with Gasteiger partial charge in [-0.3, -0.25) is 4.79 Å². The highest BCUT2D eigenvalue weighted by atomic mass is 16.2. The summed E-state index contributed by atoms with van der Waals surface area (Å²) in [6, 6.07) is 0. The van der Waals surface area contributed by atoms with Crippen molar-refractivity contribution in [2.45, 2.75) is 32.4 Å². The van der Waals surface area contributed by atoms with Gasteiger partial charge in [0.1, 0.15) is 0 Å². The van der Waals surface area contributed by atoms with Gasteiger partial charge in [0.05, 0.1) is 6.17 Å². The molecule has 0 bridgehead atoms. The zero-order valence-corrected chi connectivity index (χ0v) is 7.26. The Kier molecular flexibility index (Phi) is 2.88. The second-order valence-corrected chi connectivity index (χ2v) is 2.89. The number of likely N-dealkylation sites (tertiary alicyclic amines) is 1. The fourth-order valence-corrected chi connectivity index (χ4v) is 1.57. The first-order chi connectivity index (χ1) is 5.29. The molecule has 1 saturated heterocycles. The zero-order valence-electron chi connectivity index (χ0n) is 7.26. The van der Waals surface area contributed by atoms with E-state index < -0.39 is 0 Å². The normalized spacial score (nSPS) is 24.2. The van der Waals surface area contributed by atoms with E-state index in [-0.39, 0.29) is 5.91 Å². The summed E-state index contributed by atoms with van der Waals surface area (Å²) in [6.07, 6.45) is 3.15. The average molecular weight is 156 g/mol. The smallest absolute Gasteiger partial charge is 0.223 e. The molecule has 1 N–H and O–H groups in total. The van der Waals surface area contributed by atoms with Crippen LogP contribution in [-0.2, 0) is 4.79 Å². The van der Waals surface area contributed by atoms with Gasteiger partial charge in [0.25, 0.3) is 0 Å². The van der Waals surface area contributed by atoms with E-state index in [9.17, 15) is 4.79 Å². The van der Waals surface area contributed by atoms with Crippen LogP contribution < -0.4 is 5.32 Å². The Morgan fingerprint density at radius 1 is 1.73 bits per heavy atom. The minimum absolute atomic E-state index is 0.266. The highest BCUT2D eigenvalue weighted by molar-refractivity contribution is 5.76. The van der Waals surface area contributed by atoms with Gasteiger partial charge in [-0.2, -0.15) is 0 Å². The second kappa shape index (κ2) is 3.72. The molecule has 0 aliphatic carbocycles. The van der Waals surface area contributed by atoms with Gasteiger partial charge in [0.15, 0.2) is 0 Å². The third kappa shape index (κ3) is 1.71. The summed E-state index contributed by atoms with van der Waals surface area (Å²) in [6.45, 7) is 2.84. The molecule has 0 aromatic carbocycles. The van der Waals surface area contributed by atoms with Crippen molar-refractivity contribution in [1.29, 1.82) is 0 Å². The summed E-state index contributed by atoms with van der Waals surface area (Å²) in [7, 11) is 1.91. The van der Waals surface area contributed by atoms with Gasteiger partial charge in [-0.1, -0.05) is 6.92 Å². The number of rotatable bonds is 2. The van der Waals surface area contributed by atoms with Crippen LogP contribution in [0.4, 0.5) is 0 Å². The average Bonchev–Trinajstić information content (AvgIpc) is 2.50. The lowest BCUT2D eigenvalue weighted by molar-refractivity contribution is -0.132. The molecule has 0 spiro atoms. The van der Waals surface area contributed by atoms with Crippen molar-refractivity contribution in [2.24, 2.45) is 0 Å². The predicted octanol–water partition coefficient (Wildman–Crippen LogP) is 0.564. The first kappa shape index (κ1) is 8.53. The largest absolute Gasteiger partial charge is 0.327 e. The van der Waals surface area contributed by atoms with E-state index in [0.717, 1.165) is 19.4 Å². The van der Waals surface area contributed by atoms with Crippen LogP contribution in [0.2, 0.25) is 0 Å². The number of hydrogen-bond acceptors (Lipinski definition) is 2. The first-order valence-electron chi connectivity index (χ1n) is 4.26. The Morgan fingerprint density at radius 2 is 2.45 bits per heavy atom. The molecular weight excluding hydrogens is 140 g/mol. The van der Waals surface area contributed by atoms with E-state index >= 15 is 0 Å². The van der Waals surface area contributed by atoms with Crippen LogP contribution in [0.25, 0.3) is 0 Å². The zero-order chi connectivity index (χ0) is 8.27. The van der Waals surface area contributed by atoms with Crippen LogP contribution in [0.3, 0.4) is 0 Å². The lowest BCUT2D eigenvalue weighted by Gasteiger charge is -2.23. The summed E-state index contributed by atoms with van der Waals surface area (Å²) in [5.41, 5.74) is 0. The maximum absolute atomic E-state index is 11.3. The molecule has 0 saturated carbocycles. The quantitative estimate of drug-likeness (QED) is 0.633. The summed E-state index contributed by atoms with van der Waals surface area (Å²) >= 11 is 0. The van der Waals surface area contributed by atoms with Gasteiger partial charge < -0.3 is 10.2 Å². The summed E-state index contributed by atoms with van der Waals surface area (Å²) in [4.78, 5) is 13.2. The minimum atomic E-state index is 0.266. The van der Waals surface area contributed by atoms with Gasteiger partial charge in [-0.05, 0) is 19.9 Å². The molecule has 3 nitrogen and oxygen atoms in total. The molecule has 0 aromatic rings. The van der Waals surface area contributed by atoms with Crippen molar-refractivity contribution in [2.75, 3.05) is 13.6 Å². The Hall–Kier alpha value is -0.570. The van der Waals surface area contributed by atoms with Crippen molar-refractivity contribution >= 4 is 5.91 Å². The maximum atomic E-state index is 11.3. The predicted molar refractivity (Wildman–Crippen MR) is 44.1 cm³/mol. The number of amides is 1. The van der Waals surface area contributed by atoms with Crippen molar-refractivity contribution in [1.82, 2.24) is 10.2 Å².